The lowest BCUT2D eigenvalue weighted by molar-refractivity contribution is -0.131. The Kier molecular flexibility index (Phi) is 6.50. The molecule has 0 unspecified atom stereocenters. The highest BCUT2D eigenvalue weighted by Gasteiger charge is 2.22. The summed E-state index contributed by atoms with van der Waals surface area (Å²) in [6, 6.07) is 7.89. The number of rotatable bonds is 5. The third-order valence-corrected chi connectivity index (χ3v) is 4.04. The lowest BCUT2D eigenvalue weighted by Gasteiger charge is -2.31. The van der Waals surface area contributed by atoms with E-state index in [0.717, 1.165) is 12.8 Å². The molecule has 1 aromatic rings. The number of carbonyl (C=O) groups excluding carboxylic acids is 2. The van der Waals surface area contributed by atoms with Crippen molar-refractivity contribution in [3.8, 4) is 6.07 Å². The maximum atomic E-state index is 13.0. The van der Waals surface area contributed by atoms with Crippen molar-refractivity contribution in [2.75, 3.05) is 19.6 Å². The Morgan fingerprint density at radius 2 is 2.12 bits per heavy atom. The highest BCUT2D eigenvalue weighted by molar-refractivity contribution is 5.91. The van der Waals surface area contributed by atoms with Gasteiger partial charge in [0, 0.05) is 25.7 Å². The van der Waals surface area contributed by atoms with Crippen LogP contribution in [0.3, 0.4) is 0 Å². The molecule has 2 amide bonds. The van der Waals surface area contributed by atoms with Crippen LogP contribution in [0.2, 0.25) is 0 Å². The van der Waals surface area contributed by atoms with Crippen molar-refractivity contribution >= 4 is 17.9 Å². The van der Waals surface area contributed by atoms with E-state index in [9.17, 15) is 14.0 Å². The van der Waals surface area contributed by atoms with Gasteiger partial charge in [-0.1, -0.05) is 12.1 Å². The molecule has 1 aromatic carbocycles. The minimum absolute atomic E-state index is 0.0771. The predicted octanol–water partition coefficient (Wildman–Crippen LogP) is 2.11. The summed E-state index contributed by atoms with van der Waals surface area (Å²) in [6.07, 6.45) is 4.50. The SMILES string of the molecule is N#CCC(=O)N1CCC(CNC(=O)/C=C/c2cccc(F)c2)CC1. The number of nitrogens with zero attached hydrogens (tertiary/aromatic N) is 2. The standard InChI is InChI=1S/C18H20FN3O2/c19-16-3-1-2-14(12-16)4-5-17(23)21-13-15-7-10-22(11-8-15)18(24)6-9-20/h1-5,12,15H,6-8,10-11,13H2,(H,21,23)/b5-4+. The fourth-order valence-corrected chi connectivity index (χ4v) is 2.65. The molecule has 5 nitrogen and oxygen atoms in total. The molecule has 0 spiro atoms. The zero-order valence-electron chi connectivity index (χ0n) is 13.4. The topological polar surface area (TPSA) is 73.2 Å². The summed E-state index contributed by atoms with van der Waals surface area (Å²) >= 11 is 0. The molecule has 1 aliphatic heterocycles. The number of hydrogen-bond donors (Lipinski definition) is 1. The van der Waals surface area contributed by atoms with Crippen LogP contribution in [0.25, 0.3) is 6.08 Å². The van der Waals surface area contributed by atoms with Crippen LogP contribution < -0.4 is 5.32 Å². The second-order valence-corrected chi connectivity index (χ2v) is 5.79. The maximum absolute atomic E-state index is 13.0. The number of halogens is 1. The molecular weight excluding hydrogens is 309 g/mol. The van der Waals surface area contributed by atoms with Gasteiger partial charge >= 0.3 is 0 Å². The van der Waals surface area contributed by atoms with Gasteiger partial charge < -0.3 is 10.2 Å². The smallest absolute Gasteiger partial charge is 0.244 e. The average Bonchev–Trinajstić information content (AvgIpc) is 2.59. The van der Waals surface area contributed by atoms with Crippen molar-refractivity contribution in [3.05, 3.63) is 41.7 Å². The molecule has 0 aromatic heterocycles. The second kappa shape index (κ2) is 8.82. The van der Waals surface area contributed by atoms with Gasteiger partial charge in [0.05, 0.1) is 6.07 Å². The van der Waals surface area contributed by atoms with Crippen molar-refractivity contribution in [2.24, 2.45) is 5.92 Å². The van der Waals surface area contributed by atoms with E-state index in [4.69, 9.17) is 5.26 Å². The fourth-order valence-electron chi connectivity index (χ4n) is 2.65. The third-order valence-electron chi connectivity index (χ3n) is 4.04. The van der Waals surface area contributed by atoms with Crippen LogP contribution in [0.15, 0.2) is 30.3 Å². The van der Waals surface area contributed by atoms with Gasteiger partial charge in [0.2, 0.25) is 11.8 Å². The number of carbonyl (C=O) groups is 2. The molecule has 0 saturated carbocycles. The fraction of sp³-hybridized carbons (Fsp3) is 0.389. The number of likely N-dealkylation sites (tertiary alicyclic amines) is 1. The third kappa shape index (κ3) is 5.51. The van der Waals surface area contributed by atoms with Crippen molar-refractivity contribution < 1.29 is 14.0 Å². The first-order valence-electron chi connectivity index (χ1n) is 7.94. The van der Waals surface area contributed by atoms with Crippen molar-refractivity contribution in [1.82, 2.24) is 10.2 Å². The molecule has 126 valence electrons. The number of piperidine rings is 1. The molecule has 1 saturated heterocycles. The van der Waals surface area contributed by atoms with Gasteiger partial charge in [-0.05, 0) is 42.5 Å². The zero-order chi connectivity index (χ0) is 17.4. The maximum Gasteiger partial charge on any atom is 0.244 e. The summed E-state index contributed by atoms with van der Waals surface area (Å²) < 4.78 is 13.0. The number of hydrogen-bond acceptors (Lipinski definition) is 3. The summed E-state index contributed by atoms with van der Waals surface area (Å²) in [5, 5.41) is 11.4. The van der Waals surface area contributed by atoms with E-state index in [0.29, 0.717) is 31.1 Å². The van der Waals surface area contributed by atoms with Crippen LogP contribution in [0.4, 0.5) is 4.39 Å². The quantitative estimate of drug-likeness (QED) is 0.841. The highest BCUT2D eigenvalue weighted by atomic mass is 19.1. The van der Waals surface area contributed by atoms with Crippen LogP contribution >= 0.6 is 0 Å². The van der Waals surface area contributed by atoms with Crippen LogP contribution in [0, 0.1) is 23.1 Å². The Hall–Kier alpha value is -2.68. The lowest BCUT2D eigenvalue weighted by Crippen LogP contribution is -2.41. The van der Waals surface area contributed by atoms with Crippen molar-refractivity contribution in [2.45, 2.75) is 19.3 Å². The van der Waals surface area contributed by atoms with Crippen LogP contribution in [-0.2, 0) is 9.59 Å². The van der Waals surface area contributed by atoms with Crippen LogP contribution in [0.1, 0.15) is 24.8 Å². The van der Waals surface area contributed by atoms with Crippen LogP contribution in [-0.4, -0.2) is 36.3 Å². The number of nitrogens with one attached hydrogen (secondary N) is 1. The molecule has 2 rings (SSSR count). The van der Waals surface area contributed by atoms with Gasteiger partial charge in [-0.15, -0.1) is 0 Å². The molecule has 1 fully saturated rings. The first kappa shape index (κ1) is 17.7. The average molecular weight is 329 g/mol. The molecule has 0 radical (unpaired) electrons. The summed E-state index contributed by atoms with van der Waals surface area (Å²) in [5.74, 6) is -0.363. The predicted molar refractivity (Wildman–Crippen MR) is 88.0 cm³/mol. The van der Waals surface area contributed by atoms with Crippen LogP contribution in [0.5, 0.6) is 0 Å². The Morgan fingerprint density at radius 1 is 1.38 bits per heavy atom. The van der Waals surface area contributed by atoms with Gasteiger partial charge in [-0.3, -0.25) is 9.59 Å². The van der Waals surface area contributed by atoms with E-state index in [1.165, 1.54) is 18.2 Å². The Bertz CT molecular complexity index is 658. The number of amides is 2. The molecule has 0 aliphatic carbocycles. The summed E-state index contributed by atoms with van der Waals surface area (Å²) in [4.78, 5) is 25.1. The van der Waals surface area contributed by atoms with E-state index in [2.05, 4.69) is 5.32 Å². The van der Waals surface area contributed by atoms with Crippen molar-refractivity contribution in [1.29, 1.82) is 5.26 Å². The van der Waals surface area contributed by atoms with E-state index >= 15 is 0 Å². The Labute approximate surface area is 140 Å². The molecule has 1 heterocycles. The van der Waals surface area contributed by atoms with Gasteiger partial charge in [0.15, 0.2) is 0 Å². The van der Waals surface area contributed by atoms with Gasteiger partial charge in [0.25, 0.3) is 0 Å². The molecule has 1 aliphatic rings. The monoisotopic (exact) mass is 329 g/mol. The molecule has 1 N–H and O–H groups in total. The normalized spacial score (nSPS) is 15.2. The summed E-state index contributed by atoms with van der Waals surface area (Å²) in [7, 11) is 0. The lowest BCUT2D eigenvalue weighted by atomic mass is 9.96. The Balaban J connectivity index is 1.71. The van der Waals surface area contributed by atoms with E-state index in [1.807, 2.05) is 6.07 Å². The number of nitriles is 1. The van der Waals surface area contributed by atoms with Gasteiger partial charge in [-0.25, -0.2) is 4.39 Å². The Morgan fingerprint density at radius 3 is 2.79 bits per heavy atom. The van der Waals surface area contributed by atoms with Gasteiger partial charge in [0.1, 0.15) is 12.2 Å². The summed E-state index contributed by atoms with van der Waals surface area (Å²) in [6.45, 7) is 1.80. The molecule has 6 heteroatoms. The number of benzene rings is 1. The second-order valence-electron chi connectivity index (χ2n) is 5.79. The van der Waals surface area contributed by atoms with Crippen molar-refractivity contribution in [3.63, 3.8) is 0 Å². The largest absolute Gasteiger partial charge is 0.352 e. The highest BCUT2D eigenvalue weighted by Crippen LogP contribution is 2.17. The molecular formula is C18H20FN3O2. The molecule has 24 heavy (non-hydrogen) atoms. The van der Waals surface area contributed by atoms with E-state index in [1.54, 1.807) is 23.1 Å². The minimum atomic E-state index is -0.338. The zero-order valence-corrected chi connectivity index (χ0v) is 13.4. The first-order valence-corrected chi connectivity index (χ1v) is 7.94. The minimum Gasteiger partial charge on any atom is -0.352 e. The van der Waals surface area contributed by atoms with E-state index < -0.39 is 0 Å². The van der Waals surface area contributed by atoms with Gasteiger partial charge in [-0.2, -0.15) is 5.26 Å². The molecule has 0 atom stereocenters. The van der Waals surface area contributed by atoms with E-state index in [-0.39, 0.29) is 24.1 Å². The summed E-state index contributed by atoms with van der Waals surface area (Å²) in [5.41, 5.74) is 0.634. The first-order chi connectivity index (χ1) is 11.6. The molecule has 0 bridgehead atoms.